The van der Waals surface area contributed by atoms with E-state index in [-0.39, 0.29) is 0 Å². The largest absolute Gasteiger partial charge is 0.370 e. The van der Waals surface area contributed by atoms with Gasteiger partial charge in [-0.2, -0.15) is 0 Å². The van der Waals surface area contributed by atoms with Crippen LogP contribution in [0.15, 0.2) is 24.3 Å². The summed E-state index contributed by atoms with van der Waals surface area (Å²) < 4.78 is 0. The Kier molecular flexibility index (Phi) is 3.76. The second-order valence-electron chi connectivity index (χ2n) is 5.46. The summed E-state index contributed by atoms with van der Waals surface area (Å²) in [5, 5.41) is 0.827. The van der Waals surface area contributed by atoms with E-state index in [1.165, 1.54) is 57.5 Å². The van der Waals surface area contributed by atoms with Crippen LogP contribution in [0.1, 0.15) is 25.7 Å². The van der Waals surface area contributed by atoms with Crippen LogP contribution in [0.3, 0.4) is 0 Å². The van der Waals surface area contributed by atoms with Gasteiger partial charge in [0, 0.05) is 36.4 Å². The zero-order valence-electron chi connectivity index (χ0n) is 10.8. The molecule has 3 heteroatoms. The molecule has 0 spiro atoms. The molecule has 0 N–H and O–H groups in total. The van der Waals surface area contributed by atoms with E-state index >= 15 is 0 Å². The van der Waals surface area contributed by atoms with Crippen molar-refractivity contribution in [3.63, 3.8) is 0 Å². The van der Waals surface area contributed by atoms with Crippen LogP contribution < -0.4 is 4.90 Å². The van der Waals surface area contributed by atoms with E-state index in [2.05, 4.69) is 21.9 Å². The van der Waals surface area contributed by atoms with Crippen molar-refractivity contribution in [3.05, 3.63) is 29.3 Å². The van der Waals surface area contributed by atoms with Crippen LogP contribution in [0.25, 0.3) is 0 Å². The molecule has 0 bridgehead atoms. The molecule has 1 atom stereocenters. The fourth-order valence-electron chi connectivity index (χ4n) is 3.26. The maximum Gasteiger partial charge on any atom is 0.0407 e. The Hall–Kier alpha value is -0.730. The minimum atomic E-state index is 0.761. The standard InChI is InChI=1S/C15H21ClN2/c16-13-5-7-14(8-6-13)18-11-3-10-17-9-2-1-4-15(17)12-18/h5-8,15H,1-4,9-12H2. The lowest BCUT2D eigenvalue weighted by Crippen LogP contribution is -2.44. The number of hydrogen-bond acceptors (Lipinski definition) is 2. The molecular formula is C15H21ClN2. The predicted octanol–water partition coefficient (Wildman–Crippen LogP) is 3.40. The van der Waals surface area contributed by atoms with Crippen molar-refractivity contribution in [2.75, 3.05) is 31.1 Å². The highest BCUT2D eigenvalue weighted by Gasteiger charge is 2.26. The van der Waals surface area contributed by atoms with Crippen molar-refractivity contribution in [3.8, 4) is 0 Å². The van der Waals surface area contributed by atoms with Gasteiger partial charge in [-0.05, 0) is 50.1 Å². The molecule has 3 rings (SSSR count). The highest BCUT2D eigenvalue weighted by Crippen LogP contribution is 2.25. The Balaban J connectivity index is 1.74. The van der Waals surface area contributed by atoms with Gasteiger partial charge in [0.2, 0.25) is 0 Å². The van der Waals surface area contributed by atoms with E-state index in [0.29, 0.717) is 0 Å². The molecule has 0 radical (unpaired) electrons. The van der Waals surface area contributed by atoms with Gasteiger partial charge in [0.05, 0.1) is 0 Å². The first-order chi connectivity index (χ1) is 8.83. The average molecular weight is 265 g/mol. The predicted molar refractivity (Wildman–Crippen MR) is 77.5 cm³/mol. The maximum absolute atomic E-state index is 5.97. The zero-order valence-corrected chi connectivity index (χ0v) is 11.6. The number of nitrogens with zero attached hydrogens (tertiary/aromatic N) is 2. The number of rotatable bonds is 1. The number of fused-ring (bicyclic) bond motifs is 1. The molecule has 1 aromatic rings. The Bertz CT molecular complexity index is 390. The van der Waals surface area contributed by atoms with Crippen molar-refractivity contribution in [2.24, 2.45) is 0 Å². The van der Waals surface area contributed by atoms with E-state index in [0.717, 1.165) is 11.1 Å². The Labute approximate surface area is 115 Å². The zero-order chi connectivity index (χ0) is 12.4. The minimum absolute atomic E-state index is 0.761. The Morgan fingerprint density at radius 1 is 0.944 bits per heavy atom. The van der Waals surface area contributed by atoms with Gasteiger partial charge in [-0.25, -0.2) is 0 Å². The van der Waals surface area contributed by atoms with Crippen LogP contribution >= 0.6 is 11.6 Å². The lowest BCUT2D eigenvalue weighted by molar-refractivity contribution is 0.162. The van der Waals surface area contributed by atoms with Gasteiger partial charge in [-0.3, -0.25) is 4.90 Å². The lowest BCUT2D eigenvalue weighted by atomic mass is 10.0. The average Bonchev–Trinajstić information content (AvgIpc) is 2.61. The third kappa shape index (κ3) is 2.65. The Morgan fingerprint density at radius 3 is 2.56 bits per heavy atom. The van der Waals surface area contributed by atoms with E-state index in [4.69, 9.17) is 11.6 Å². The second-order valence-corrected chi connectivity index (χ2v) is 5.90. The van der Waals surface area contributed by atoms with Crippen LogP contribution in [0.5, 0.6) is 0 Å². The number of hydrogen-bond donors (Lipinski definition) is 0. The molecule has 2 aliphatic rings. The van der Waals surface area contributed by atoms with Gasteiger partial charge < -0.3 is 4.90 Å². The van der Waals surface area contributed by atoms with Crippen molar-refractivity contribution in [1.82, 2.24) is 4.90 Å². The summed E-state index contributed by atoms with van der Waals surface area (Å²) in [6.45, 7) is 4.93. The fourth-order valence-corrected chi connectivity index (χ4v) is 3.38. The minimum Gasteiger partial charge on any atom is -0.370 e. The van der Waals surface area contributed by atoms with Gasteiger partial charge in [-0.1, -0.05) is 18.0 Å². The summed E-state index contributed by atoms with van der Waals surface area (Å²) >= 11 is 5.97. The van der Waals surface area contributed by atoms with Crippen molar-refractivity contribution < 1.29 is 0 Å². The van der Waals surface area contributed by atoms with Crippen LogP contribution in [-0.4, -0.2) is 37.1 Å². The van der Waals surface area contributed by atoms with Crippen LogP contribution in [0, 0.1) is 0 Å². The van der Waals surface area contributed by atoms with Crippen molar-refractivity contribution >= 4 is 17.3 Å². The Morgan fingerprint density at radius 2 is 1.72 bits per heavy atom. The summed E-state index contributed by atoms with van der Waals surface area (Å²) in [5.74, 6) is 0. The molecule has 0 aromatic heterocycles. The highest BCUT2D eigenvalue weighted by molar-refractivity contribution is 6.30. The maximum atomic E-state index is 5.97. The number of halogens is 1. The summed E-state index contributed by atoms with van der Waals surface area (Å²) in [5.41, 5.74) is 1.33. The summed E-state index contributed by atoms with van der Waals surface area (Å²) in [6, 6.07) is 9.07. The summed E-state index contributed by atoms with van der Waals surface area (Å²) in [6.07, 6.45) is 5.43. The van der Waals surface area contributed by atoms with E-state index in [1.807, 2.05) is 12.1 Å². The molecule has 0 saturated carbocycles. The first-order valence-electron chi connectivity index (χ1n) is 7.07. The van der Waals surface area contributed by atoms with Crippen molar-refractivity contribution in [2.45, 2.75) is 31.7 Å². The monoisotopic (exact) mass is 264 g/mol. The highest BCUT2D eigenvalue weighted by atomic mass is 35.5. The van der Waals surface area contributed by atoms with E-state index in [1.54, 1.807) is 0 Å². The molecule has 0 amide bonds. The normalized spacial score (nSPS) is 25.6. The van der Waals surface area contributed by atoms with Gasteiger partial charge in [-0.15, -0.1) is 0 Å². The summed E-state index contributed by atoms with van der Waals surface area (Å²) in [4.78, 5) is 5.23. The first kappa shape index (κ1) is 12.3. The van der Waals surface area contributed by atoms with Gasteiger partial charge in [0.15, 0.2) is 0 Å². The van der Waals surface area contributed by atoms with Crippen molar-refractivity contribution in [1.29, 1.82) is 0 Å². The second kappa shape index (κ2) is 5.50. The molecule has 0 aliphatic carbocycles. The number of anilines is 1. The van der Waals surface area contributed by atoms with E-state index in [9.17, 15) is 0 Å². The fraction of sp³-hybridized carbons (Fsp3) is 0.600. The molecule has 2 saturated heterocycles. The molecule has 2 nitrogen and oxygen atoms in total. The molecule has 1 unspecified atom stereocenters. The number of piperidine rings is 1. The third-order valence-electron chi connectivity index (χ3n) is 4.25. The van der Waals surface area contributed by atoms with Gasteiger partial charge in [0.1, 0.15) is 0 Å². The smallest absolute Gasteiger partial charge is 0.0407 e. The van der Waals surface area contributed by atoms with Crippen LogP contribution in [0.4, 0.5) is 5.69 Å². The molecular weight excluding hydrogens is 244 g/mol. The molecule has 2 heterocycles. The van der Waals surface area contributed by atoms with Crippen LogP contribution in [0.2, 0.25) is 5.02 Å². The quantitative estimate of drug-likeness (QED) is 0.767. The van der Waals surface area contributed by atoms with Gasteiger partial charge in [0.25, 0.3) is 0 Å². The SMILES string of the molecule is Clc1ccc(N2CCCN3CCCCC3C2)cc1. The molecule has 1 aromatic carbocycles. The molecule has 98 valence electrons. The molecule has 2 fully saturated rings. The van der Waals surface area contributed by atoms with Crippen LogP contribution in [-0.2, 0) is 0 Å². The molecule has 2 aliphatic heterocycles. The third-order valence-corrected chi connectivity index (χ3v) is 4.50. The lowest BCUT2D eigenvalue weighted by Gasteiger charge is -2.35. The molecule has 18 heavy (non-hydrogen) atoms. The van der Waals surface area contributed by atoms with Gasteiger partial charge >= 0.3 is 0 Å². The number of benzene rings is 1. The topological polar surface area (TPSA) is 6.48 Å². The van der Waals surface area contributed by atoms with E-state index < -0.39 is 0 Å². The summed E-state index contributed by atoms with van der Waals surface area (Å²) in [7, 11) is 0. The first-order valence-corrected chi connectivity index (χ1v) is 7.45.